The summed E-state index contributed by atoms with van der Waals surface area (Å²) in [5.74, 6) is 0.724. The maximum atomic E-state index is 5.25. The first kappa shape index (κ1) is 30.1. The Hall–Kier alpha value is -6.58. The van der Waals surface area contributed by atoms with Gasteiger partial charge in [-0.05, 0) is 57.6 Å². The molecule has 2 aliphatic rings. The maximum Gasteiger partial charge on any atom is 0.160 e. The first-order valence-corrected chi connectivity index (χ1v) is 18.4. The van der Waals surface area contributed by atoms with Crippen LogP contribution in [0.2, 0.25) is 0 Å². The zero-order valence-corrected chi connectivity index (χ0v) is 29.6. The van der Waals surface area contributed by atoms with Gasteiger partial charge in [0.2, 0.25) is 0 Å². The molecular weight excluding hydrogens is 643 g/mol. The molecule has 0 N–H and O–H groups in total. The molecule has 1 aliphatic heterocycles. The zero-order chi connectivity index (χ0) is 35.3. The van der Waals surface area contributed by atoms with E-state index in [0.29, 0.717) is 0 Å². The van der Waals surface area contributed by atoms with Crippen LogP contribution in [0.4, 0.5) is 0 Å². The molecule has 0 saturated carbocycles. The van der Waals surface area contributed by atoms with Crippen molar-refractivity contribution >= 4 is 21.8 Å². The van der Waals surface area contributed by atoms with Crippen LogP contribution in [0, 0.1) is 0 Å². The van der Waals surface area contributed by atoms with Crippen LogP contribution >= 0.6 is 0 Å². The lowest BCUT2D eigenvalue weighted by Crippen LogP contribution is -2.44. The van der Waals surface area contributed by atoms with Gasteiger partial charge in [-0.3, -0.25) is 0 Å². The predicted octanol–water partition coefficient (Wildman–Crippen LogP) is 11.9. The van der Waals surface area contributed by atoms with E-state index in [9.17, 15) is 0 Å². The Bertz CT molecular complexity index is 2860. The highest BCUT2D eigenvalue weighted by atomic mass is 15.0. The summed E-state index contributed by atoms with van der Waals surface area (Å²) in [5.41, 5.74) is 15.9. The molecule has 1 spiro atoms. The summed E-state index contributed by atoms with van der Waals surface area (Å²) < 4.78 is 2.51. The van der Waals surface area contributed by atoms with E-state index in [1.165, 1.54) is 60.9 Å². The molecular formula is C50H35N3. The van der Waals surface area contributed by atoms with Crippen LogP contribution in [0.5, 0.6) is 0 Å². The van der Waals surface area contributed by atoms with Crippen molar-refractivity contribution in [3.8, 4) is 39.6 Å². The Kier molecular flexibility index (Phi) is 6.22. The molecule has 1 atom stereocenters. The quantitative estimate of drug-likeness (QED) is 0.186. The van der Waals surface area contributed by atoms with Crippen molar-refractivity contribution in [3.05, 3.63) is 209 Å². The monoisotopic (exact) mass is 677 g/mol. The number of para-hydroxylation sites is 3. The fourth-order valence-corrected chi connectivity index (χ4v) is 9.54. The Labute approximate surface area is 308 Å². The molecule has 3 heteroatoms. The summed E-state index contributed by atoms with van der Waals surface area (Å²) >= 11 is 0. The van der Waals surface area contributed by atoms with E-state index in [1.807, 2.05) is 24.3 Å². The average Bonchev–Trinajstić information content (AvgIpc) is 3.57. The standard InChI is InChI=1S/C50H35N3/c1-49(2)37-22-10-11-23-38(37)50(40-24-12-14-27-46(40)53-45-26-13-9-20-35(45)36-21-15-25-41(50)47(36)53)39-29-28-34(30-42(39)49)44-31-43(32-16-5-3-6-17-32)51-48(52-44)33-18-7-4-8-19-33/h3-31H,1-2H3. The summed E-state index contributed by atoms with van der Waals surface area (Å²) in [6, 6.07) is 64.0. The molecule has 1 aliphatic carbocycles. The normalized spacial score (nSPS) is 16.3. The van der Waals surface area contributed by atoms with Crippen molar-refractivity contribution in [2.75, 3.05) is 0 Å². The second-order valence-corrected chi connectivity index (χ2v) is 14.9. The van der Waals surface area contributed by atoms with Gasteiger partial charge in [-0.15, -0.1) is 0 Å². The molecule has 53 heavy (non-hydrogen) atoms. The van der Waals surface area contributed by atoms with Gasteiger partial charge >= 0.3 is 0 Å². The summed E-state index contributed by atoms with van der Waals surface area (Å²) in [5, 5.41) is 2.57. The third kappa shape index (κ3) is 4.05. The highest BCUT2D eigenvalue weighted by Gasteiger charge is 2.52. The molecule has 2 aromatic heterocycles. The minimum absolute atomic E-state index is 0.280. The number of benzene rings is 7. The number of hydrogen-bond acceptors (Lipinski definition) is 2. The van der Waals surface area contributed by atoms with Crippen molar-refractivity contribution in [1.82, 2.24) is 14.5 Å². The Balaban J connectivity index is 1.23. The highest BCUT2D eigenvalue weighted by Crippen LogP contribution is 2.60. The number of hydrogen-bond donors (Lipinski definition) is 0. The average molecular weight is 678 g/mol. The van der Waals surface area contributed by atoms with Crippen molar-refractivity contribution in [2.45, 2.75) is 24.7 Å². The minimum atomic E-state index is -0.531. The first-order valence-electron chi connectivity index (χ1n) is 18.4. The van der Waals surface area contributed by atoms with E-state index < -0.39 is 5.41 Å². The van der Waals surface area contributed by atoms with Crippen molar-refractivity contribution in [2.24, 2.45) is 0 Å². The van der Waals surface area contributed by atoms with Crippen LogP contribution in [0.1, 0.15) is 47.2 Å². The lowest BCUT2D eigenvalue weighted by Gasteiger charge is -2.50. The Morgan fingerprint density at radius 1 is 0.415 bits per heavy atom. The van der Waals surface area contributed by atoms with Crippen molar-refractivity contribution in [1.29, 1.82) is 0 Å². The maximum absolute atomic E-state index is 5.25. The molecule has 3 nitrogen and oxygen atoms in total. The molecule has 3 heterocycles. The van der Waals surface area contributed by atoms with Crippen molar-refractivity contribution in [3.63, 3.8) is 0 Å². The molecule has 9 aromatic rings. The Morgan fingerprint density at radius 3 is 1.79 bits per heavy atom. The minimum Gasteiger partial charge on any atom is -0.309 e. The van der Waals surface area contributed by atoms with Gasteiger partial charge in [-0.2, -0.15) is 0 Å². The molecule has 1 unspecified atom stereocenters. The molecule has 0 fully saturated rings. The van der Waals surface area contributed by atoms with Crippen LogP contribution in [0.15, 0.2) is 176 Å². The number of aromatic nitrogens is 3. The molecule has 0 bridgehead atoms. The van der Waals surface area contributed by atoms with Gasteiger partial charge in [-0.25, -0.2) is 9.97 Å². The third-order valence-corrected chi connectivity index (χ3v) is 11.9. The second-order valence-electron chi connectivity index (χ2n) is 14.9. The van der Waals surface area contributed by atoms with E-state index in [-0.39, 0.29) is 5.41 Å². The molecule has 0 saturated heterocycles. The fraction of sp³-hybridized carbons (Fsp3) is 0.0800. The Morgan fingerprint density at radius 2 is 1.00 bits per heavy atom. The first-order chi connectivity index (χ1) is 26.0. The summed E-state index contributed by atoms with van der Waals surface area (Å²) in [7, 11) is 0. The van der Waals surface area contributed by atoms with Crippen LogP contribution < -0.4 is 0 Å². The summed E-state index contributed by atoms with van der Waals surface area (Å²) in [4.78, 5) is 10.3. The predicted molar refractivity (Wildman–Crippen MR) is 217 cm³/mol. The topological polar surface area (TPSA) is 30.7 Å². The van der Waals surface area contributed by atoms with Crippen LogP contribution in [0.3, 0.4) is 0 Å². The van der Waals surface area contributed by atoms with Gasteiger partial charge < -0.3 is 4.57 Å². The van der Waals surface area contributed by atoms with Gasteiger partial charge in [0.1, 0.15) is 0 Å². The number of rotatable bonds is 3. The lowest BCUT2D eigenvalue weighted by molar-refractivity contribution is 0.556. The zero-order valence-electron chi connectivity index (χ0n) is 29.6. The molecule has 250 valence electrons. The third-order valence-electron chi connectivity index (χ3n) is 11.9. The van der Waals surface area contributed by atoms with Gasteiger partial charge in [0.05, 0.1) is 33.5 Å². The molecule has 0 amide bonds. The SMILES string of the molecule is CC1(C)c2ccccc2C2(c3ccccc3-n3c4ccccc4c4cccc2c43)c2ccc(-c3cc(-c4ccccc4)nc(-c4ccccc4)n3)cc21. The largest absolute Gasteiger partial charge is 0.309 e. The van der Waals surface area contributed by atoms with E-state index in [4.69, 9.17) is 9.97 Å². The van der Waals surface area contributed by atoms with Gasteiger partial charge in [-0.1, -0.05) is 166 Å². The van der Waals surface area contributed by atoms with Crippen LogP contribution in [-0.4, -0.2) is 14.5 Å². The number of fused-ring (bicyclic) bond motifs is 11. The van der Waals surface area contributed by atoms with Gasteiger partial charge in [0.15, 0.2) is 5.82 Å². The van der Waals surface area contributed by atoms with E-state index in [1.54, 1.807) is 0 Å². The smallest absolute Gasteiger partial charge is 0.160 e. The van der Waals surface area contributed by atoms with Crippen LogP contribution in [-0.2, 0) is 10.8 Å². The molecule has 0 radical (unpaired) electrons. The van der Waals surface area contributed by atoms with Gasteiger partial charge in [0, 0.05) is 32.9 Å². The molecule has 7 aromatic carbocycles. The van der Waals surface area contributed by atoms with Crippen molar-refractivity contribution < 1.29 is 0 Å². The van der Waals surface area contributed by atoms with E-state index in [2.05, 4.69) is 170 Å². The van der Waals surface area contributed by atoms with E-state index >= 15 is 0 Å². The lowest BCUT2D eigenvalue weighted by atomic mass is 9.53. The highest BCUT2D eigenvalue weighted by molar-refractivity contribution is 6.12. The fourth-order valence-electron chi connectivity index (χ4n) is 9.54. The van der Waals surface area contributed by atoms with Crippen LogP contribution in [0.25, 0.3) is 61.4 Å². The van der Waals surface area contributed by atoms with E-state index in [0.717, 1.165) is 33.9 Å². The number of nitrogens with zero attached hydrogens (tertiary/aromatic N) is 3. The van der Waals surface area contributed by atoms with Gasteiger partial charge in [0.25, 0.3) is 0 Å². The second kappa shape index (κ2) is 11.0. The summed E-state index contributed by atoms with van der Waals surface area (Å²) in [6.45, 7) is 4.77. The molecule has 11 rings (SSSR count). The summed E-state index contributed by atoms with van der Waals surface area (Å²) in [6.07, 6.45) is 0.